The molecule has 1 aliphatic carbocycles. The first kappa shape index (κ1) is 9.72. The summed E-state index contributed by atoms with van der Waals surface area (Å²) in [6.45, 7) is 8.81. The van der Waals surface area contributed by atoms with Gasteiger partial charge in [-0.1, -0.05) is 32.0 Å². The molecule has 1 nitrogen and oxygen atoms in total. The van der Waals surface area contributed by atoms with Gasteiger partial charge < -0.3 is 5.73 Å². The van der Waals surface area contributed by atoms with Crippen molar-refractivity contribution >= 4 is 0 Å². The molecular weight excluding hydrogens is 170 g/mol. The molecule has 0 bridgehead atoms. The second-order valence-electron chi connectivity index (χ2n) is 5.17. The van der Waals surface area contributed by atoms with Gasteiger partial charge in [-0.05, 0) is 36.0 Å². The Labute approximate surface area is 86.3 Å². The van der Waals surface area contributed by atoms with E-state index in [0.29, 0.717) is 17.4 Å². The van der Waals surface area contributed by atoms with E-state index in [9.17, 15) is 0 Å². The highest BCUT2D eigenvalue weighted by Crippen LogP contribution is 2.57. The van der Waals surface area contributed by atoms with Gasteiger partial charge in [-0.2, -0.15) is 0 Å². The van der Waals surface area contributed by atoms with Crippen LogP contribution >= 0.6 is 0 Å². The van der Waals surface area contributed by atoms with Crippen LogP contribution in [0.1, 0.15) is 36.5 Å². The van der Waals surface area contributed by atoms with E-state index in [1.54, 1.807) is 0 Å². The predicted octanol–water partition coefficient (Wildman–Crippen LogP) is 2.75. The fourth-order valence-corrected chi connectivity index (χ4v) is 2.27. The average molecular weight is 189 g/mol. The van der Waals surface area contributed by atoms with E-state index < -0.39 is 0 Å². The van der Waals surface area contributed by atoms with E-state index in [-0.39, 0.29) is 0 Å². The molecule has 2 atom stereocenters. The van der Waals surface area contributed by atoms with Gasteiger partial charge in [-0.25, -0.2) is 0 Å². The lowest BCUT2D eigenvalue weighted by Crippen LogP contribution is -2.06. The summed E-state index contributed by atoms with van der Waals surface area (Å²) in [7, 11) is 0. The molecular formula is C13H19N. The van der Waals surface area contributed by atoms with Crippen molar-refractivity contribution in [2.24, 2.45) is 11.1 Å². The van der Waals surface area contributed by atoms with Crippen LogP contribution in [-0.2, 0) is 0 Å². The maximum atomic E-state index is 6.06. The summed E-state index contributed by atoms with van der Waals surface area (Å²) in [4.78, 5) is 0. The third-order valence-electron chi connectivity index (χ3n) is 3.80. The first-order valence-electron chi connectivity index (χ1n) is 5.27. The van der Waals surface area contributed by atoms with Crippen LogP contribution in [0.25, 0.3) is 0 Å². The second kappa shape index (κ2) is 2.83. The summed E-state index contributed by atoms with van der Waals surface area (Å²) < 4.78 is 0. The van der Waals surface area contributed by atoms with Gasteiger partial charge >= 0.3 is 0 Å². The van der Waals surface area contributed by atoms with Crippen molar-refractivity contribution in [1.29, 1.82) is 0 Å². The quantitative estimate of drug-likeness (QED) is 0.722. The number of aryl methyl sites for hydroxylation is 2. The molecule has 1 saturated carbocycles. The van der Waals surface area contributed by atoms with Crippen molar-refractivity contribution in [2.75, 3.05) is 0 Å². The Hall–Kier alpha value is -0.820. The highest BCUT2D eigenvalue weighted by molar-refractivity contribution is 5.39. The summed E-state index contributed by atoms with van der Waals surface area (Å²) in [5, 5.41) is 0. The van der Waals surface area contributed by atoms with E-state index in [4.69, 9.17) is 5.73 Å². The van der Waals surface area contributed by atoms with E-state index in [0.717, 1.165) is 0 Å². The van der Waals surface area contributed by atoms with Gasteiger partial charge in [0.15, 0.2) is 0 Å². The zero-order chi connectivity index (χ0) is 10.5. The molecule has 0 aliphatic heterocycles. The van der Waals surface area contributed by atoms with Crippen LogP contribution in [0.15, 0.2) is 18.2 Å². The molecule has 0 spiro atoms. The fraction of sp³-hybridized carbons (Fsp3) is 0.538. The van der Waals surface area contributed by atoms with E-state index in [1.165, 1.54) is 16.7 Å². The van der Waals surface area contributed by atoms with Gasteiger partial charge in [0.2, 0.25) is 0 Å². The maximum absolute atomic E-state index is 6.06. The molecule has 1 aromatic carbocycles. The first-order valence-corrected chi connectivity index (χ1v) is 5.27. The van der Waals surface area contributed by atoms with E-state index >= 15 is 0 Å². The normalized spacial score (nSPS) is 28.9. The van der Waals surface area contributed by atoms with Crippen molar-refractivity contribution in [1.82, 2.24) is 0 Å². The zero-order valence-electron chi connectivity index (χ0n) is 9.46. The highest BCUT2D eigenvalue weighted by Gasteiger charge is 2.55. The Morgan fingerprint density at radius 2 is 1.71 bits per heavy atom. The molecule has 0 saturated heterocycles. The first-order chi connectivity index (χ1) is 6.44. The molecule has 1 fully saturated rings. The Bertz CT molecular complexity index is 365. The van der Waals surface area contributed by atoms with Crippen LogP contribution in [0, 0.1) is 19.3 Å². The standard InChI is InChI=1S/C13H19N/c1-8-5-6-10(7-9(8)2)11-12(14)13(11,3)4/h5-7,11-12H,14H2,1-4H3. The molecule has 2 unspecified atom stereocenters. The molecule has 1 heteroatoms. The third-order valence-corrected chi connectivity index (χ3v) is 3.80. The number of benzene rings is 1. The van der Waals surface area contributed by atoms with E-state index in [1.807, 2.05) is 0 Å². The minimum atomic E-state index is 0.293. The monoisotopic (exact) mass is 189 g/mol. The van der Waals surface area contributed by atoms with Crippen LogP contribution in [0.4, 0.5) is 0 Å². The third kappa shape index (κ3) is 1.27. The summed E-state index contributed by atoms with van der Waals surface area (Å²) in [6.07, 6.45) is 0. The molecule has 0 heterocycles. The molecule has 0 amide bonds. The predicted molar refractivity (Wildman–Crippen MR) is 60.4 cm³/mol. The van der Waals surface area contributed by atoms with Crippen molar-refractivity contribution in [3.63, 3.8) is 0 Å². The molecule has 76 valence electrons. The largest absolute Gasteiger partial charge is 0.327 e. The lowest BCUT2D eigenvalue weighted by atomic mass is 9.99. The summed E-state index contributed by atoms with van der Waals surface area (Å²) >= 11 is 0. The van der Waals surface area contributed by atoms with Gasteiger partial charge in [0.25, 0.3) is 0 Å². The lowest BCUT2D eigenvalue weighted by molar-refractivity contribution is 0.599. The van der Waals surface area contributed by atoms with Crippen LogP contribution in [0.2, 0.25) is 0 Å². The van der Waals surface area contributed by atoms with Crippen molar-refractivity contribution in [2.45, 2.75) is 39.7 Å². The van der Waals surface area contributed by atoms with E-state index in [2.05, 4.69) is 45.9 Å². The second-order valence-corrected chi connectivity index (χ2v) is 5.17. The van der Waals surface area contributed by atoms with Gasteiger partial charge in [-0.3, -0.25) is 0 Å². The Morgan fingerprint density at radius 3 is 2.14 bits per heavy atom. The van der Waals surface area contributed by atoms with Crippen LogP contribution in [0.5, 0.6) is 0 Å². The molecule has 14 heavy (non-hydrogen) atoms. The number of hydrogen-bond donors (Lipinski definition) is 1. The maximum Gasteiger partial charge on any atom is 0.0172 e. The smallest absolute Gasteiger partial charge is 0.0172 e. The number of rotatable bonds is 1. The Kier molecular flexibility index (Phi) is 1.97. The van der Waals surface area contributed by atoms with Crippen LogP contribution in [-0.4, -0.2) is 6.04 Å². The van der Waals surface area contributed by atoms with Gasteiger partial charge in [0.1, 0.15) is 0 Å². The Balaban J connectivity index is 2.32. The fourth-order valence-electron chi connectivity index (χ4n) is 2.27. The molecule has 1 aliphatic rings. The molecule has 2 rings (SSSR count). The van der Waals surface area contributed by atoms with Gasteiger partial charge in [0.05, 0.1) is 0 Å². The molecule has 0 radical (unpaired) electrons. The zero-order valence-corrected chi connectivity index (χ0v) is 9.46. The number of hydrogen-bond acceptors (Lipinski definition) is 1. The molecule has 1 aromatic rings. The minimum Gasteiger partial charge on any atom is -0.327 e. The van der Waals surface area contributed by atoms with Crippen LogP contribution < -0.4 is 5.73 Å². The lowest BCUT2D eigenvalue weighted by Gasteiger charge is -2.06. The van der Waals surface area contributed by atoms with Crippen molar-refractivity contribution in [3.8, 4) is 0 Å². The average Bonchev–Trinajstić information content (AvgIpc) is 2.58. The molecule has 0 aromatic heterocycles. The van der Waals surface area contributed by atoms with Gasteiger partial charge in [-0.15, -0.1) is 0 Å². The summed E-state index contributed by atoms with van der Waals surface area (Å²) in [6, 6.07) is 7.05. The van der Waals surface area contributed by atoms with Crippen molar-refractivity contribution in [3.05, 3.63) is 34.9 Å². The van der Waals surface area contributed by atoms with Gasteiger partial charge in [0, 0.05) is 12.0 Å². The number of nitrogens with two attached hydrogens (primary N) is 1. The highest BCUT2D eigenvalue weighted by atomic mass is 14.8. The molecule has 2 N–H and O–H groups in total. The topological polar surface area (TPSA) is 26.0 Å². The van der Waals surface area contributed by atoms with Crippen LogP contribution in [0.3, 0.4) is 0 Å². The van der Waals surface area contributed by atoms with Crippen molar-refractivity contribution < 1.29 is 0 Å². The Morgan fingerprint density at radius 1 is 1.14 bits per heavy atom. The minimum absolute atomic E-state index is 0.293. The SMILES string of the molecule is Cc1ccc(C2C(N)C2(C)C)cc1C. The summed E-state index contributed by atoms with van der Waals surface area (Å²) in [5.74, 6) is 0.557. The summed E-state index contributed by atoms with van der Waals surface area (Å²) in [5.41, 5.74) is 10.5.